The molecule has 2 aromatic carbocycles. The Balaban J connectivity index is 2.01. The van der Waals surface area contributed by atoms with E-state index in [1.807, 2.05) is 0 Å². The number of halogens is 1. The zero-order valence-electron chi connectivity index (χ0n) is 14.3. The van der Waals surface area contributed by atoms with Crippen LogP contribution in [0.3, 0.4) is 0 Å². The average Bonchev–Trinajstić information content (AvgIpc) is 3.02. The second kappa shape index (κ2) is 7.46. The topological polar surface area (TPSA) is 100 Å². The van der Waals surface area contributed by atoms with Crippen LogP contribution in [0.1, 0.15) is 11.1 Å². The molecule has 0 aromatic heterocycles. The monoisotopic (exact) mass is 388 g/mol. The first-order valence-corrected chi connectivity index (χ1v) is 7.99. The quantitative estimate of drug-likeness (QED) is 0.335. The van der Waals surface area contributed by atoms with Gasteiger partial charge in [0.15, 0.2) is 5.70 Å². The van der Waals surface area contributed by atoms with E-state index in [4.69, 9.17) is 25.8 Å². The van der Waals surface area contributed by atoms with E-state index in [2.05, 4.69) is 4.99 Å². The van der Waals surface area contributed by atoms with Crippen LogP contribution >= 0.6 is 11.6 Å². The Kier molecular flexibility index (Phi) is 5.09. The van der Waals surface area contributed by atoms with Gasteiger partial charge in [0, 0.05) is 23.8 Å². The van der Waals surface area contributed by atoms with E-state index in [-0.39, 0.29) is 27.9 Å². The smallest absolute Gasteiger partial charge is 0.363 e. The van der Waals surface area contributed by atoms with Crippen molar-refractivity contribution in [3.63, 3.8) is 0 Å². The highest BCUT2D eigenvalue weighted by Gasteiger charge is 2.27. The minimum absolute atomic E-state index is 0.0102. The van der Waals surface area contributed by atoms with Crippen molar-refractivity contribution in [3.05, 3.63) is 68.4 Å². The Morgan fingerprint density at radius 1 is 1.19 bits per heavy atom. The fraction of sp³-hybridized carbons (Fsp3) is 0.111. The van der Waals surface area contributed by atoms with Crippen LogP contribution in [0.2, 0.25) is 5.02 Å². The molecule has 1 heterocycles. The molecule has 0 radical (unpaired) electrons. The summed E-state index contributed by atoms with van der Waals surface area (Å²) in [6.07, 6.45) is 1.48. The maximum Gasteiger partial charge on any atom is 0.363 e. The first kappa shape index (κ1) is 18.4. The molecular formula is C18H13ClN2O6. The lowest BCUT2D eigenvalue weighted by Crippen LogP contribution is -2.06. The molecule has 0 spiro atoms. The van der Waals surface area contributed by atoms with Crippen LogP contribution < -0.4 is 9.47 Å². The number of nitro groups is 1. The number of benzene rings is 2. The van der Waals surface area contributed by atoms with Gasteiger partial charge in [-0.15, -0.1) is 0 Å². The van der Waals surface area contributed by atoms with E-state index in [9.17, 15) is 14.9 Å². The number of ether oxygens (including phenoxy) is 3. The molecule has 0 unspecified atom stereocenters. The lowest BCUT2D eigenvalue weighted by molar-refractivity contribution is -0.384. The number of nitrogens with zero attached hydrogens (tertiary/aromatic N) is 2. The molecule has 0 saturated heterocycles. The molecule has 8 nitrogen and oxygen atoms in total. The van der Waals surface area contributed by atoms with Crippen LogP contribution in [0, 0.1) is 10.1 Å². The molecule has 0 N–H and O–H groups in total. The number of carbonyl (C=O) groups is 1. The molecular weight excluding hydrogens is 376 g/mol. The Hall–Kier alpha value is -3.39. The summed E-state index contributed by atoms with van der Waals surface area (Å²) in [5, 5.41) is 11.1. The van der Waals surface area contributed by atoms with Gasteiger partial charge in [-0.2, -0.15) is 0 Å². The molecule has 27 heavy (non-hydrogen) atoms. The summed E-state index contributed by atoms with van der Waals surface area (Å²) in [7, 11) is 3.02. The number of nitro benzene ring substituents is 1. The van der Waals surface area contributed by atoms with Gasteiger partial charge in [-0.1, -0.05) is 11.6 Å². The standard InChI is InChI=1S/C18H13ClN2O6/c1-25-12-5-3-10(16(9-12)26-2)7-15-18(22)27-17(20-15)13-8-11(21(23)24)4-6-14(13)19/h3-9H,1-2H3/b15-7-. The van der Waals surface area contributed by atoms with Crippen molar-refractivity contribution < 1.29 is 23.9 Å². The van der Waals surface area contributed by atoms with Crippen molar-refractivity contribution in [2.24, 2.45) is 4.99 Å². The third-order valence-corrected chi connectivity index (χ3v) is 4.07. The van der Waals surface area contributed by atoms with Gasteiger partial charge in [-0.25, -0.2) is 9.79 Å². The number of aliphatic imine (C=N–C) groups is 1. The average molecular weight is 389 g/mol. The van der Waals surface area contributed by atoms with Gasteiger partial charge in [-0.05, 0) is 24.3 Å². The van der Waals surface area contributed by atoms with Crippen LogP contribution in [-0.4, -0.2) is 31.0 Å². The maximum atomic E-state index is 12.2. The van der Waals surface area contributed by atoms with Crippen LogP contribution in [0.5, 0.6) is 11.5 Å². The summed E-state index contributed by atoms with van der Waals surface area (Å²) in [4.78, 5) is 26.7. The molecule has 0 bridgehead atoms. The minimum atomic E-state index is -0.703. The molecule has 138 valence electrons. The van der Waals surface area contributed by atoms with Gasteiger partial charge in [0.1, 0.15) is 11.5 Å². The third kappa shape index (κ3) is 3.75. The third-order valence-electron chi connectivity index (χ3n) is 3.74. The number of rotatable bonds is 5. The Labute approximate surface area is 158 Å². The van der Waals surface area contributed by atoms with Crippen LogP contribution in [-0.2, 0) is 9.53 Å². The van der Waals surface area contributed by atoms with Gasteiger partial charge < -0.3 is 14.2 Å². The van der Waals surface area contributed by atoms with Crippen LogP contribution in [0.25, 0.3) is 6.08 Å². The van der Waals surface area contributed by atoms with Gasteiger partial charge in [0.05, 0.1) is 29.7 Å². The number of esters is 1. The predicted molar refractivity (Wildman–Crippen MR) is 98.3 cm³/mol. The van der Waals surface area contributed by atoms with Crippen molar-refractivity contribution >= 4 is 35.2 Å². The van der Waals surface area contributed by atoms with Gasteiger partial charge in [0.25, 0.3) is 5.69 Å². The summed E-state index contributed by atoms with van der Waals surface area (Å²) in [5.41, 5.74) is 0.558. The van der Waals surface area contributed by atoms with Gasteiger partial charge >= 0.3 is 5.97 Å². The Bertz CT molecular complexity index is 999. The van der Waals surface area contributed by atoms with Crippen molar-refractivity contribution in [1.82, 2.24) is 0 Å². The highest BCUT2D eigenvalue weighted by Crippen LogP contribution is 2.30. The van der Waals surface area contributed by atoms with Crippen molar-refractivity contribution in [2.75, 3.05) is 14.2 Å². The zero-order valence-corrected chi connectivity index (χ0v) is 15.0. The molecule has 2 aromatic rings. The molecule has 9 heteroatoms. The summed E-state index contributed by atoms with van der Waals surface area (Å²) < 4.78 is 15.6. The summed E-state index contributed by atoms with van der Waals surface area (Å²) in [6.45, 7) is 0. The van der Waals surface area contributed by atoms with E-state index in [1.165, 1.54) is 38.5 Å². The van der Waals surface area contributed by atoms with Crippen LogP contribution in [0.4, 0.5) is 5.69 Å². The van der Waals surface area contributed by atoms with E-state index in [1.54, 1.807) is 18.2 Å². The lowest BCUT2D eigenvalue weighted by Gasteiger charge is -2.07. The second-order valence-electron chi connectivity index (χ2n) is 5.37. The SMILES string of the molecule is COc1ccc(/C=C2\N=C(c3cc([N+](=O)[O-])ccc3Cl)OC2=O)c(OC)c1. The number of hydrogen-bond acceptors (Lipinski definition) is 7. The fourth-order valence-electron chi connectivity index (χ4n) is 2.40. The molecule has 0 aliphatic carbocycles. The van der Waals surface area contributed by atoms with E-state index in [0.29, 0.717) is 17.1 Å². The number of carbonyl (C=O) groups excluding carboxylic acids is 1. The van der Waals surface area contributed by atoms with Crippen LogP contribution in [0.15, 0.2) is 47.1 Å². The second-order valence-corrected chi connectivity index (χ2v) is 5.77. The first-order valence-electron chi connectivity index (χ1n) is 7.62. The van der Waals surface area contributed by atoms with Crippen molar-refractivity contribution in [2.45, 2.75) is 0 Å². The van der Waals surface area contributed by atoms with Gasteiger partial charge in [-0.3, -0.25) is 10.1 Å². The largest absolute Gasteiger partial charge is 0.497 e. The number of non-ortho nitro benzene ring substituents is 1. The van der Waals surface area contributed by atoms with E-state index in [0.717, 1.165) is 0 Å². The molecule has 0 fully saturated rings. The number of cyclic esters (lactones) is 1. The minimum Gasteiger partial charge on any atom is -0.497 e. The highest BCUT2D eigenvalue weighted by molar-refractivity contribution is 6.34. The summed E-state index contributed by atoms with van der Waals surface area (Å²) in [5.74, 6) is 0.264. The first-order chi connectivity index (χ1) is 12.9. The maximum absolute atomic E-state index is 12.2. The van der Waals surface area contributed by atoms with Crippen molar-refractivity contribution in [1.29, 1.82) is 0 Å². The van der Waals surface area contributed by atoms with E-state index >= 15 is 0 Å². The molecule has 0 saturated carbocycles. The number of methoxy groups -OCH3 is 2. The molecule has 1 aliphatic heterocycles. The molecule has 1 aliphatic rings. The summed E-state index contributed by atoms with van der Waals surface area (Å²) in [6, 6.07) is 8.87. The fourth-order valence-corrected chi connectivity index (χ4v) is 2.60. The van der Waals surface area contributed by atoms with E-state index < -0.39 is 10.9 Å². The van der Waals surface area contributed by atoms with Crippen molar-refractivity contribution in [3.8, 4) is 11.5 Å². The van der Waals surface area contributed by atoms with Gasteiger partial charge in [0.2, 0.25) is 5.90 Å². The molecule has 0 amide bonds. The highest BCUT2D eigenvalue weighted by atomic mass is 35.5. The predicted octanol–water partition coefficient (Wildman–Crippen LogP) is 3.61. The Morgan fingerprint density at radius 3 is 2.63 bits per heavy atom. The lowest BCUT2D eigenvalue weighted by atomic mass is 10.1. The molecule has 0 atom stereocenters. The normalized spacial score (nSPS) is 14.7. The summed E-state index contributed by atoms with van der Waals surface area (Å²) >= 11 is 6.07. The zero-order chi connectivity index (χ0) is 19.6. The molecule has 3 rings (SSSR count). The number of hydrogen-bond donors (Lipinski definition) is 0. The Morgan fingerprint density at radius 2 is 1.96 bits per heavy atom.